The lowest BCUT2D eigenvalue weighted by molar-refractivity contribution is 0.102. The zero-order valence-electron chi connectivity index (χ0n) is 13.9. The average Bonchev–Trinajstić information content (AvgIpc) is 3.04. The van der Waals surface area contributed by atoms with Crippen LogP contribution in [0.4, 0.5) is 5.82 Å². The van der Waals surface area contributed by atoms with Gasteiger partial charge in [0, 0.05) is 17.2 Å². The number of aromatic amines is 1. The first-order valence-corrected chi connectivity index (χ1v) is 7.66. The SMILES string of the molecule is COc1c(C)cc(C(=O)Nc2cc(-c3ccccc3)n[nH]2)cc1C. The average molecular weight is 321 g/mol. The van der Waals surface area contributed by atoms with Gasteiger partial charge in [-0.05, 0) is 37.1 Å². The summed E-state index contributed by atoms with van der Waals surface area (Å²) in [5.41, 5.74) is 4.22. The quantitative estimate of drug-likeness (QED) is 0.764. The summed E-state index contributed by atoms with van der Waals surface area (Å²) >= 11 is 0. The second-order valence-corrected chi connectivity index (χ2v) is 5.63. The molecule has 0 saturated carbocycles. The van der Waals surface area contributed by atoms with Crippen molar-refractivity contribution in [1.29, 1.82) is 0 Å². The molecule has 1 heterocycles. The van der Waals surface area contributed by atoms with Gasteiger partial charge in [0.2, 0.25) is 0 Å². The van der Waals surface area contributed by atoms with Crippen LogP contribution in [-0.2, 0) is 0 Å². The second kappa shape index (κ2) is 6.58. The number of rotatable bonds is 4. The predicted molar refractivity (Wildman–Crippen MR) is 94.4 cm³/mol. The van der Waals surface area contributed by atoms with Crippen LogP contribution in [0.25, 0.3) is 11.3 Å². The number of aryl methyl sites for hydroxylation is 2. The molecule has 2 N–H and O–H groups in total. The molecule has 0 radical (unpaired) electrons. The summed E-state index contributed by atoms with van der Waals surface area (Å²) in [7, 11) is 1.63. The lowest BCUT2D eigenvalue weighted by atomic mass is 10.1. The predicted octanol–water partition coefficient (Wildman–Crippen LogP) is 3.95. The van der Waals surface area contributed by atoms with Crippen LogP contribution >= 0.6 is 0 Å². The number of hydrogen-bond acceptors (Lipinski definition) is 3. The van der Waals surface area contributed by atoms with Crippen LogP contribution in [0.1, 0.15) is 21.5 Å². The fourth-order valence-corrected chi connectivity index (χ4v) is 2.74. The number of aromatic nitrogens is 2. The Balaban J connectivity index is 1.80. The molecular formula is C19H19N3O2. The molecule has 122 valence electrons. The van der Waals surface area contributed by atoms with E-state index in [1.54, 1.807) is 7.11 Å². The maximum Gasteiger partial charge on any atom is 0.256 e. The van der Waals surface area contributed by atoms with Crippen molar-refractivity contribution >= 4 is 11.7 Å². The first kappa shape index (κ1) is 15.8. The molecular weight excluding hydrogens is 302 g/mol. The minimum absolute atomic E-state index is 0.188. The molecule has 3 aromatic rings. The number of H-pyrrole nitrogens is 1. The number of benzene rings is 2. The minimum atomic E-state index is -0.188. The van der Waals surface area contributed by atoms with Crippen molar-refractivity contribution in [3.8, 4) is 17.0 Å². The number of nitrogens with zero attached hydrogens (tertiary/aromatic N) is 1. The molecule has 3 rings (SSSR count). The standard InChI is InChI=1S/C19H19N3O2/c1-12-9-15(10-13(2)18(12)24-3)19(23)20-17-11-16(21-22-17)14-7-5-4-6-8-14/h4-11H,1-3H3,(H2,20,21,22,23). The van der Waals surface area contributed by atoms with Crippen LogP contribution in [0.2, 0.25) is 0 Å². The van der Waals surface area contributed by atoms with E-state index in [0.717, 1.165) is 28.1 Å². The smallest absolute Gasteiger partial charge is 0.256 e. The Bertz CT molecular complexity index is 846. The minimum Gasteiger partial charge on any atom is -0.496 e. The lowest BCUT2D eigenvalue weighted by Gasteiger charge is -2.11. The largest absolute Gasteiger partial charge is 0.496 e. The van der Waals surface area contributed by atoms with Crippen molar-refractivity contribution in [2.75, 3.05) is 12.4 Å². The summed E-state index contributed by atoms with van der Waals surface area (Å²) in [4.78, 5) is 12.5. The van der Waals surface area contributed by atoms with E-state index >= 15 is 0 Å². The monoisotopic (exact) mass is 321 g/mol. The summed E-state index contributed by atoms with van der Waals surface area (Å²) in [5.74, 6) is 1.18. The number of ether oxygens (including phenoxy) is 1. The molecule has 0 aliphatic rings. The maximum atomic E-state index is 12.5. The summed E-state index contributed by atoms with van der Waals surface area (Å²) < 4.78 is 5.33. The Morgan fingerprint density at radius 1 is 1.08 bits per heavy atom. The van der Waals surface area contributed by atoms with Crippen LogP contribution in [0.5, 0.6) is 5.75 Å². The molecule has 2 aromatic carbocycles. The first-order chi connectivity index (χ1) is 11.6. The van der Waals surface area contributed by atoms with Gasteiger partial charge in [-0.1, -0.05) is 30.3 Å². The highest BCUT2D eigenvalue weighted by molar-refractivity contribution is 6.04. The Morgan fingerprint density at radius 2 is 1.75 bits per heavy atom. The highest BCUT2D eigenvalue weighted by Gasteiger charge is 2.13. The van der Waals surface area contributed by atoms with Crippen LogP contribution in [0, 0.1) is 13.8 Å². The molecule has 1 aromatic heterocycles. The highest BCUT2D eigenvalue weighted by Crippen LogP contribution is 2.25. The lowest BCUT2D eigenvalue weighted by Crippen LogP contribution is -2.13. The van der Waals surface area contributed by atoms with Crippen molar-refractivity contribution < 1.29 is 9.53 Å². The number of amides is 1. The van der Waals surface area contributed by atoms with Crippen LogP contribution in [-0.4, -0.2) is 23.2 Å². The topological polar surface area (TPSA) is 67.0 Å². The molecule has 0 fully saturated rings. The molecule has 5 nitrogen and oxygen atoms in total. The van der Waals surface area contributed by atoms with E-state index in [4.69, 9.17) is 4.74 Å². The number of carbonyl (C=O) groups excluding carboxylic acids is 1. The molecule has 0 aliphatic carbocycles. The third-order valence-electron chi connectivity index (χ3n) is 3.82. The van der Waals surface area contributed by atoms with E-state index in [-0.39, 0.29) is 5.91 Å². The Morgan fingerprint density at radius 3 is 2.38 bits per heavy atom. The van der Waals surface area contributed by atoms with E-state index in [9.17, 15) is 4.79 Å². The maximum absolute atomic E-state index is 12.5. The van der Waals surface area contributed by atoms with Gasteiger partial charge in [0.25, 0.3) is 5.91 Å². The van der Waals surface area contributed by atoms with Crippen LogP contribution in [0.3, 0.4) is 0 Å². The number of nitrogens with one attached hydrogen (secondary N) is 2. The van der Waals surface area contributed by atoms with Crippen molar-refractivity contribution in [1.82, 2.24) is 10.2 Å². The fraction of sp³-hybridized carbons (Fsp3) is 0.158. The molecule has 24 heavy (non-hydrogen) atoms. The van der Waals surface area contributed by atoms with E-state index in [0.29, 0.717) is 11.4 Å². The number of carbonyl (C=O) groups is 1. The van der Waals surface area contributed by atoms with Gasteiger partial charge in [-0.2, -0.15) is 5.10 Å². The normalized spacial score (nSPS) is 10.5. The molecule has 0 bridgehead atoms. The highest BCUT2D eigenvalue weighted by atomic mass is 16.5. The first-order valence-electron chi connectivity index (χ1n) is 7.66. The Kier molecular flexibility index (Phi) is 4.33. The van der Waals surface area contributed by atoms with Gasteiger partial charge in [0.15, 0.2) is 0 Å². The third-order valence-corrected chi connectivity index (χ3v) is 3.82. The summed E-state index contributed by atoms with van der Waals surface area (Å²) in [6, 6.07) is 15.2. The summed E-state index contributed by atoms with van der Waals surface area (Å²) in [5, 5.41) is 9.93. The van der Waals surface area contributed by atoms with Crippen molar-refractivity contribution in [3.05, 3.63) is 65.2 Å². The van der Waals surface area contributed by atoms with E-state index in [2.05, 4.69) is 15.5 Å². The van der Waals surface area contributed by atoms with Crippen molar-refractivity contribution in [2.24, 2.45) is 0 Å². The summed E-state index contributed by atoms with van der Waals surface area (Å²) in [6.07, 6.45) is 0. The van der Waals surface area contributed by atoms with Crippen LogP contribution < -0.4 is 10.1 Å². The second-order valence-electron chi connectivity index (χ2n) is 5.63. The van der Waals surface area contributed by atoms with Crippen molar-refractivity contribution in [3.63, 3.8) is 0 Å². The van der Waals surface area contributed by atoms with Crippen LogP contribution in [0.15, 0.2) is 48.5 Å². The van der Waals surface area contributed by atoms with Gasteiger partial charge in [0.05, 0.1) is 12.8 Å². The van der Waals surface area contributed by atoms with Gasteiger partial charge in [0.1, 0.15) is 11.6 Å². The van der Waals surface area contributed by atoms with Gasteiger partial charge >= 0.3 is 0 Å². The van der Waals surface area contributed by atoms with E-state index in [1.165, 1.54) is 0 Å². The molecule has 0 saturated heterocycles. The molecule has 0 spiro atoms. The molecule has 5 heteroatoms. The molecule has 0 aliphatic heterocycles. The fourth-order valence-electron chi connectivity index (χ4n) is 2.74. The molecule has 0 atom stereocenters. The molecule has 1 amide bonds. The van der Waals surface area contributed by atoms with Gasteiger partial charge < -0.3 is 10.1 Å². The Hall–Kier alpha value is -3.08. The zero-order chi connectivity index (χ0) is 17.1. The summed E-state index contributed by atoms with van der Waals surface area (Å²) in [6.45, 7) is 3.85. The number of hydrogen-bond donors (Lipinski definition) is 2. The number of methoxy groups -OCH3 is 1. The van der Waals surface area contributed by atoms with E-state index in [1.807, 2.05) is 62.4 Å². The zero-order valence-corrected chi connectivity index (χ0v) is 13.9. The number of anilines is 1. The van der Waals surface area contributed by atoms with Gasteiger partial charge in [-0.25, -0.2) is 0 Å². The van der Waals surface area contributed by atoms with Crippen molar-refractivity contribution in [2.45, 2.75) is 13.8 Å². The third kappa shape index (κ3) is 3.15. The van der Waals surface area contributed by atoms with E-state index < -0.39 is 0 Å². The Labute approximate surface area is 140 Å². The van der Waals surface area contributed by atoms with Gasteiger partial charge in [-0.3, -0.25) is 9.89 Å². The molecule has 0 unspecified atom stereocenters. The van der Waals surface area contributed by atoms with Gasteiger partial charge in [-0.15, -0.1) is 0 Å².